The van der Waals surface area contributed by atoms with E-state index in [2.05, 4.69) is 10.5 Å². The summed E-state index contributed by atoms with van der Waals surface area (Å²) in [6, 6.07) is 7.87. The van der Waals surface area contributed by atoms with Crippen LogP contribution in [0, 0.1) is 15.9 Å². The predicted octanol–water partition coefficient (Wildman–Crippen LogP) is 2.56. The van der Waals surface area contributed by atoms with Crippen molar-refractivity contribution >= 4 is 28.5 Å². The molecule has 0 unspecified atom stereocenters. The van der Waals surface area contributed by atoms with Gasteiger partial charge in [0, 0.05) is 11.6 Å². The van der Waals surface area contributed by atoms with Crippen molar-refractivity contribution in [1.29, 1.82) is 0 Å². The lowest BCUT2D eigenvalue weighted by molar-refractivity contribution is -0.380. The van der Waals surface area contributed by atoms with Crippen molar-refractivity contribution in [2.24, 2.45) is 5.10 Å². The van der Waals surface area contributed by atoms with Gasteiger partial charge in [-0.2, -0.15) is 5.10 Å². The van der Waals surface area contributed by atoms with E-state index < -0.39 is 16.6 Å². The molecule has 6 nitrogen and oxygen atoms in total. The van der Waals surface area contributed by atoms with Crippen LogP contribution in [0.2, 0.25) is 0 Å². The third-order valence-corrected chi connectivity index (χ3v) is 3.23. The van der Waals surface area contributed by atoms with Gasteiger partial charge in [0.15, 0.2) is 0 Å². The highest BCUT2D eigenvalue weighted by atomic mass is 32.1. The summed E-state index contributed by atoms with van der Waals surface area (Å²) in [7, 11) is 0. The Morgan fingerprint density at radius 2 is 2.00 bits per heavy atom. The van der Waals surface area contributed by atoms with Gasteiger partial charge in [-0.25, -0.2) is 9.82 Å². The van der Waals surface area contributed by atoms with Gasteiger partial charge in [-0.05, 0) is 30.3 Å². The molecule has 0 aliphatic heterocycles. The summed E-state index contributed by atoms with van der Waals surface area (Å²) in [5, 5.41) is 14.2. The maximum atomic E-state index is 12.7. The van der Waals surface area contributed by atoms with Gasteiger partial charge < -0.3 is 0 Å². The number of carbonyl (C=O) groups is 1. The molecule has 2 aromatic rings. The van der Waals surface area contributed by atoms with E-state index in [0.717, 1.165) is 11.3 Å². The molecular weight excluding hydrogens is 285 g/mol. The molecule has 2 rings (SSSR count). The van der Waals surface area contributed by atoms with E-state index in [1.807, 2.05) is 0 Å². The lowest BCUT2D eigenvalue weighted by Crippen LogP contribution is -2.17. The number of halogens is 1. The van der Waals surface area contributed by atoms with Crippen molar-refractivity contribution in [1.82, 2.24) is 5.43 Å². The quantitative estimate of drug-likeness (QED) is 0.534. The largest absolute Gasteiger partial charge is 0.324 e. The Balaban J connectivity index is 1.97. The highest BCUT2D eigenvalue weighted by Crippen LogP contribution is 2.22. The summed E-state index contributed by atoms with van der Waals surface area (Å²) in [6.45, 7) is 0. The molecule has 0 aliphatic rings. The van der Waals surface area contributed by atoms with E-state index in [1.54, 1.807) is 0 Å². The molecule has 1 amide bonds. The first kappa shape index (κ1) is 13.8. The zero-order valence-electron chi connectivity index (χ0n) is 9.95. The number of nitro groups is 1. The van der Waals surface area contributed by atoms with Gasteiger partial charge in [0.2, 0.25) is 0 Å². The van der Waals surface area contributed by atoms with Crippen LogP contribution in [0.15, 0.2) is 41.5 Å². The Labute approximate surface area is 116 Å². The Bertz CT molecular complexity index is 667. The number of carbonyl (C=O) groups excluding carboxylic acids is 1. The molecule has 1 heterocycles. The number of rotatable bonds is 4. The average molecular weight is 293 g/mol. The van der Waals surface area contributed by atoms with Crippen molar-refractivity contribution in [2.75, 3.05) is 0 Å². The van der Waals surface area contributed by atoms with Crippen molar-refractivity contribution in [3.8, 4) is 0 Å². The molecule has 0 radical (unpaired) electrons. The second-order valence-electron chi connectivity index (χ2n) is 3.64. The van der Waals surface area contributed by atoms with Crippen LogP contribution in [0.4, 0.5) is 9.39 Å². The number of amides is 1. The van der Waals surface area contributed by atoms with E-state index >= 15 is 0 Å². The standard InChI is InChI=1S/C12H8FN3O3S/c13-9-3-1-8(2-4-9)12(17)15-14-7-10-5-6-11(20-10)16(18)19/h1-7H,(H,15,17). The van der Waals surface area contributed by atoms with Crippen LogP contribution in [-0.2, 0) is 0 Å². The summed E-state index contributed by atoms with van der Waals surface area (Å²) < 4.78 is 12.7. The number of thiophene rings is 1. The van der Waals surface area contributed by atoms with Gasteiger partial charge in [0.1, 0.15) is 5.82 Å². The van der Waals surface area contributed by atoms with E-state index in [1.165, 1.54) is 42.6 Å². The molecule has 0 saturated heterocycles. The third-order valence-electron chi connectivity index (χ3n) is 2.26. The summed E-state index contributed by atoms with van der Waals surface area (Å²) in [4.78, 5) is 22.1. The van der Waals surface area contributed by atoms with Crippen molar-refractivity contribution in [3.63, 3.8) is 0 Å². The number of hydrogen-bond acceptors (Lipinski definition) is 5. The molecule has 1 aromatic carbocycles. The van der Waals surface area contributed by atoms with E-state index in [-0.39, 0.29) is 10.6 Å². The maximum Gasteiger partial charge on any atom is 0.324 e. The smallest absolute Gasteiger partial charge is 0.267 e. The molecule has 102 valence electrons. The van der Waals surface area contributed by atoms with Crippen molar-refractivity contribution < 1.29 is 14.1 Å². The minimum Gasteiger partial charge on any atom is -0.267 e. The molecule has 20 heavy (non-hydrogen) atoms. The molecule has 0 spiro atoms. The molecule has 0 atom stereocenters. The fourth-order valence-corrected chi connectivity index (χ4v) is 2.02. The molecule has 1 N–H and O–H groups in total. The monoisotopic (exact) mass is 293 g/mol. The van der Waals surface area contributed by atoms with Crippen molar-refractivity contribution in [2.45, 2.75) is 0 Å². The molecule has 1 aromatic heterocycles. The van der Waals surface area contributed by atoms with Gasteiger partial charge >= 0.3 is 5.00 Å². The SMILES string of the molecule is O=C(NN=Cc1ccc([N+](=O)[O-])s1)c1ccc(F)cc1. The van der Waals surface area contributed by atoms with E-state index in [4.69, 9.17) is 0 Å². The summed E-state index contributed by atoms with van der Waals surface area (Å²) in [5.41, 5.74) is 2.51. The van der Waals surface area contributed by atoms with Crippen LogP contribution < -0.4 is 5.43 Å². The second kappa shape index (κ2) is 6.02. The number of benzene rings is 1. The van der Waals surface area contributed by atoms with Gasteiger partial charge in [0.05, 0.1) is 16.0 Å². The first-order valence-electron chi connectivity index (χ1n) is 5.39. The Morgan fingerprint density at radius 3 is 2.60 bits per heavy atom. The van der Waals surface area contributed by atoms with Gasteiger partial charge in [-0.1, -0.05) is 11.3 Å². The van der Waals surface area contributed by atoms with Crippen LogP contribution in [-0.4, -0.2) is 17.0 Å². The van der Waals surface area contributed by atoms with Crippen LogP contribution in [0.5, 0.6) is 0 Å². The number of nitrogens with one attached hydrogen (secondary N) is 1. The normalized spacial score (nSPS) is 10.7. The molecule has 0 fully saturated rings. The molecular formula is C12H8FN3O3S. The van der Waals surface area contributed by atoms with Crippen molar-refractivity contribution in [3.05, 3.63) is 62.8 Å². The first-order chi connectivity index (χ1) is 9.56. The first-order valence-corrected chi connectivity index (χ1v) is 6.21. The summed E-state index contributed by atoms with van der Waals surface area (Å²) in [6.07, 6.45) is 1.30. The van der Waals surface area contributed by atoms with Crippen LogP contribution in [0.25, 0.3) is 0 Å². The number of hydrazone groups is 1. The molecule has 0 saturated carbocycles. The molecule has 0 aliphatic carbocycles. The number of nitrogens with zero attached hydrogens (tertiary/aromatic N) is 2. The molecule has 8 heteroatoms. The van der Waals surface area contributed by atoms with E-state index in [9.17, 15) is 19.3 Å². The predicted molar refractivity (Wildman–Crippen MR) is 72.4 cm³/mol. The fraction of sp³-hybridized carbons (Fsp3) is 0. The second-order valence-corrected chi connectivity index (χ2v) is 4.73. The highest BCUT2D eigenvalue weighted by Gasteiger charge is 2.08. The van der Waals surface area contributed by atoms with Gasteiger partial charge in [0.25, 0.3) is 5.91 Å². The summed E-state index contributed by atoms with van der Waals surface area (Å²) in [5.74, 6) is -0.928. The fourth-order valence-electron chi connectivity index (χ4n) is 1.33. The van der Waals surface area contributed by atoms with Crippen LogP contribution >= 0.6 is 11.3 Å². The Hall–Kier alpha value is -2.61. The van der Waals surface area contributed by atoms with Gasteiger partial charge in [-0.15, -0.1) is 0 Å². The van der Waals surface area contributed by atoms with E-state index in [0.29, 0.717) is 4.88 Å². The van der Waals surface area contributed by atoms with Crippen LogP contribution in [0.1, 0.15) is 15.2 Å². The maximum absolute atomic E-state index is 12.7. The minimum atomic E-state index is -0.501. The molecule has 0 bridgehead atoms. The zero-order valence-corrected chi connectivity index (χ0v) is 10.8. The lowest BCUT2D eigenvalue weighted by atomic mass is 10.2. The van der Waals surface area contributed by atoms with Gasteiger partial charge in [-0.3, -0.25) is 14.9 Å². The lowest BCUT2D eigenvalue weighted by Gasteiger charge is -1.98. The highest BCUT2D eigenvalue weighted by molar-refractivity contribution is 7.16. The topological polar surface area (TPSA) is 84.6 Å². The Kier molecular flexibility index (Phi) is 4.16. The van der Waals surface area contributed by atoms with Crippen LogP contribution in [0.3, 0.4) is 0 Å². The average Bonchev–Trinajstić information content (AvgIpc) is 2.88. The Morgan fingerprint density at radius 1 is 1.30 bits per heavy atom. The minimum absolute atomic E-state index is 0.00342. The summed E-state index contributed by atoms with van der Waals surface area (Å²) >= 11 is 0.941. The zero-order chi connectivity index (χ0) is 14.5. The number of hydrogen-bond donors (Lipinski definition) is 1. The third kappa shape index (κ3) is 3.45.